The quantitative estimate of drug-likeness (QED) is 0.259. The van der Waals surface area contributed by atoms with Gasteiger partial charge in [-0.25, -0.2) is 14.4 Å². The fourth-order valence-corrected chi connectivity index (χ4v) is 4.29. The van der Waals surface area contributed by atoms with Crippen LogP contribution in [0.1, 0.15) is 25.3 Å². The molecule has 1 fully saturated rings. The van der Waals surface area contributed by atoms with Gasteiger partial charge in [0.25, 0.3) is 0 Å². The Morgan fingerprint density at radius 1 is 1.19 bits per heavy atom. The highest BCUT2D eigenvalue weighted by molar-refractivity contribution is 6.31. The molecule has 0 atom stereocenters. The SMILES string of the molecule is CCOCCOc1cc2ncnc(Nc3ccc(F)c(Cl)c3)c2cc1CC(=O)/C=C/CN1CCCC1. The summed E-state index contributed by atoms with van der Waals surface area (Å²) >= 11 is 5.93. The molecule has 3 aromatic rings. The van der Waals surface area contributed by atoms with Crippen molar-refractivity contribution in [2.24, 2.45) is 0 Å². The number of fused-ring (bicyclic) bond motifs is 1. The highest BCUT2D eigenvalue weighted by Crippen LogP contribution is 2.31. The third-order valence-electron chi connectivity index (χ3n) is 5.92. The number of allylic oxidation sites excluding steroid dienone is 1. The second kappa shape index (κ2) is 12.8. The number of nitrogens with one attached hydrogen (secondary N) is 1. The van der Waals surface area contributed by atoms with Crippen LogP contribution >= 0.6 is 11.6 Å². The van der Waals surface area contributed by atoms with E-state index in [9.17, 15) is 9.18 Å². The van der Waals surface area contributed by atoms with Crippen molar-refractivity contribution in [1.29, 1.82) is 0 Å². The van der Waals surface area contributed by atoms with E-state index in [0.717, 1.165) is 25.2 Å². The van der Waals surface area contributed by atoms with E-state index in [0.29, 0.717) is 48.0 Å². The van der Waals surface area contributed by atoms with Crippen LogP contribution in [0.2, 0.25) is 5.02 Å². The fourth-order valence-electron chi connectivity index (χ4n) is 4.11. The molecule has 1 aromatic heterocycles. The molecule has 0 radical (unpaired) electrons. The molecular formula is C27H30ClFN4O3. The van der Waals surface area contributed by atoms with E-state index in [4.69, 9.17) is 21.1 Å². The Labute approximate surface area is 215 Å². The number of benzene rings is 2. The van der Waals surface area contributed by atoms with Crippen LogP contribution in [-0.2, 0) is 16.0 Å². The third kappa shape index (κ3) is 7.00. The van der Waals surface area contributed by atoms with Gasteiger partial charge in [0.05, 0.1) is 17.1 Å². The molecule has 7 nitrogen and oxygen atoms in total. The van der Waals surface area contributed by atoms with Crippen LogP contribution in [0.15, 0.2) is 48.8 Å². The summed E-state index contributed by atoms with van der Waals surface area (Å²) in [4.78, 5) is 23.9. The summed E-state index contributed by atoms with van der Waals surface area (Å²) < 4.78 is 24.9. The number of likely N-dealkylation sites (tertiary alicyclic amines) is 1. The Morgan fingerprint density at radius 2 is 2.03 bits per heavy atom. The zero-order valence-corrected chi connectivity index (χ0v) is 21.1. The first-order valence-electron chi connectivity index (χ1n) is 12.2. The summed E-state index contributed by atoms with van der Waals surface area (Å²) in [5.74, 6) is 0.585. The number of hydrogen-bond donors (Lipinski definition) is 1. The van der Waals surface area contributed by atoms with Crippen molar-refractivity contribution in [3.8, 4) is 5.75 Å². The van der Waals surface area contributed by atoms with E-state index in [1.54, 1.807) is 12.1 Å². The average molecular weight is 513 g/mol. The minimum Gasteiger partial charge on any atom is -0.491 e. The van der Waals surface area contributed by atoms with Crippen LogP contribution in [0.3, 0.4) is 0 Å². The number of carbonyl (C=O) groups excluding carboxylic acids is 1. The van der Waals surface area contributed by atoms with E-state index >= 15 is 0 Å². The fraction of sp³-hybridized carbons (Fsp3) is 0.370. The zero-order valence-electron chi connectivity index (χ0n) is 20.3. The van der Waals surface area contributed by atoms with Gasteiger partial charge in [-0.2, -0.15) is 0 Å². The smallest absolute Gasteiger partial charge is 0.159 e. The molecule has 36 heavy (non-hydrogen) atoms. The lowest BCUT2D eigenvalue weighted by Crippen LogP contribution is -2.19. The highest BCUT2D eigenvalue weighted by atomic mass is 35.5. The maximum absolute atomic E-state index is 13.6. The predicted octanol–water partition coefficient (Wildman–Crippen LogP) is 5.34. The second-order valence-corrected chi connectivity index (χ2v) is 8.96. The van der Waals surface area contributed by atoms with E-state index in [1.807, 2.05) is 25.1 Å². The molecule has 0 spiro atoms. The molecule has 4 rings (SSSR count). The van der Waals surface area contributed by atoms with E-state index in [1.165, 1.54) is 31.3 Å². The summed E-state index contributed by atoms with van der Waals surface area (Å²) in [7, 11) is 0. The maximum atomic E-state index is 13.6. The van der Waals surface area contributed by atoms with E-state index in [2.05, 4.69) is 20.2 Å². The molecule has 9 heteroatoms. The highest BCUT2D eigenvalue weighted by Gasteiger charge is 2.15. The molecule has 2 heterocycles. The van der Waals surface area contributed by atoms with Crippen molar-refractivity contribution in [3.05, 3.63) is 65.2 Å². The normalized spacial score (nSPS) is 14.1. The first kappa shape index (κ1) is 26.0. The molecule has 1 aliphatic rings. The molecule has 0 unspecified atom stereocenters. The largest absolute Gasteiger partial charge is 0.491 e. The lowest BCUT2D eigenvalue weighted by atomic mass is 10.0. The Morgan fingerprint density at radius 3 is 2.81 bits per heavy atom. The first-order chi connectivity index (χ1) is 17.5. The lowest BCUT2D eigenvalue weighted by molar-refractivity contribution is -0.114. The zero-order chi connectivity index (χ0) is 25.3. The van der Waals surface area contributed by atoms with Gasteiger partial charge in [0.1, 0.15) is 30.3 Å². The summed E-state index contributed by atoms with van der Waals surface area (Å²) in [6, 6.07) is 8.03. The summed E-state index contributed by atoms with van der Waals surface area (Å²) in [5.41, 5.74) is 1.96. The van der Waals surface area contributed by atoms with Gasteiger partial charge in [-0.1, -0.05) is 17.7 Å². The van der Waals surface area contributed by atoms with Crippen LogP contribution in [-0.4, -0.2) is 60.1 Å². The minimum atomic E-state index is -0.498. The van der Waals surface area contributed by atoms with Crippen LogP contribution in [0.5, 0.6) is 5.75 Å². The Hall–Kier alpha value is -3.07. The molecule has 0 saturated carbocycles. The van der Waals surface area contributed by atoms with Crippen LogP contribution in [0.25, 0.3) is 10.9 Å². The number of ether oxygens (including phenoxy) is 2. The number of hydrogen-bond acceptors (Lipinski definition) is 7. The number of carbonyl (C=O) groups is 1. The Kier molecular flexibility index (Phi) is 9.22. The Bertz CT molecular complexity index is 1230. The molecule has 1 N–H and O–H groups in total. The summed E-state index contributed by atoms with van der Waals surface area (Å²) in [5, 5.41) is 3.89. The van der Waals surface area contributed by atoms with Crippen LogP contribution in [0, 0.1) is 5.82 Å². The lowest BCUT2D eigenvalue weighted by Gasteiger charge is -2.14. The van der Waals surface area contributed by atoms with Crippen molar-refractivity contribution >= 4 is 39.8 Å². The van der Waals surface area contributed by atoms with Gasteiger partial charge in [-0.3, -0.25) is 9.69 Å². The van der Waals surface area contributed by atoms with E-state index in [-0.39, 0.29) is 17.2 Å². The Balaban J connectivity index is 1.59. The first-order valence-corrected chi connectivity index (χ1v) is 12.5. The van der Waals surface area contributed by atoms with E-state index < -0.39 is 5.82 Å². The predicted molar refractivity (Wildman–Crippen MR) is 140 cm³/mol. The number of halogens is 2. The summed E-state index contributed by atoms with van der Waals surface area (Å²) in [6.45, 7) is 6.27. The molecular weight excluding hydrogens is 483 g/mol. The number of aromatic nitrogens is 2. The number of anilines is 2. The van der Waals surface area contributed by atoms with Crippen LogP contribution < -0.4 is 10.1 Å². The van der Waals surface area contributed by atoms with Gasteiger partial charge >= 0.3 is 0 Å². The molecule has 0 bridgehead atoms. The van der Waals surface area contributed by atoms with Crippen molar-refractivity contribution in [2.75, 3.05) is 44.8 Å². The maximum Gasteiger partial charge on any atom is 0.159 e. The monoisotopic (exact) mass is 512 g/mol. The van der Waals surface area contributed by atoms with Gasteiger partial charge < -0.3 is 14.8 Å². The van der Waals surface area contributed by atoms with Gasteiger partial charge in [0.2, 0.25) is 0 Å². The van der Waals surface area contributed by atoms with Crippen molar-refractivity contribution in [2.45, 2.75) is 26.2 Å². The van der Waals surface area contributed by atoms with Crippen molar-refractivity contribution in [3.63, 3.8) is 0 Å². The van der Waals surface area contributed by atoms with Crippen LogP contribution in [0.4, 0.5) is 15.9 Å². The molecule has 0 aliphatic carbocycles. The summed E-state index contributed by atoms with van der Waals surface area (Å²) in [6.07, 6.45) is 7.61. The average Bonchev–Trinajstić information content (AvgIpc) is 3.38. The van der Waals surface area contributed by atoms with Gasteiger partial charge in [-0.05, 0) is 63.2 Å². The van der Waals surface area contributed by atoms with Gasteiger partial charge in [-0.15, -0.1) is 0 Å². The second-order valence-electron chi connectivity index (χ2n) is 8.55. The number of rotatable bonds is 12. The van der Waals surface area contributed by atoms with Gasteiger partial charge in [0.15, 0.2) is 5.78 Å². The number of nitrogens with zero attached hydrogens (tertiary/aromatic N) is 3. The minimum absolute atomic E-state index is 0.00958. The molecule has 0 amide bonds. The molecule has 190 valence electrons. The third-order valence-corrected chi connectivity index (χ3v) is 6.21. The molecule has 1 aliphatic heterocycles. The standard InChI is InChI=1S/C27H30ClFN4O3/c1-2-35-12-13-36-26-17-25-22(15-19(26)14-21(34)6-5-11-33-9-3-4-10-33)27(31-18-30-25)32-20-7-8-24(29)23(28)16-20/h5-8,15-18H,2-4,9-14H2,1H3,(H,30,31,32)/b6-5+. The van der Waals surface area contributed by atoms with Crippen molar-refractivity contribution in [1.82, 2.24) is 14.9 Å². The van der Waals surface area contributed by atoms with Crippen molar-refractivity contribution < 1.29 is 18.7 Å². The number of ketones is 1. The molecule has 2 aromatic carbocycles. The molecule has 1 saturated heterocycles. The van der Waals surface area contributed by atoms with Gasteiger partial charge in [0, 0.05) is 42.3 Å². The topological polar surface area (TPSA) is 76.6 Å².